The summed E-state index contributed by atoms with van der Waals surface area (Å²) in [5.74, 6) is 0.388. The minimum Gasteiger partial charge on any atom is -0.496 e. The number of nitro groups is 1. The number of carbonyl (C=O) groups excluding carboxylic acids is 3. The molecule has 0 unspecified atom stereocenters. The molecule has 0 atom stereocenters. The Labute approximate surface area is 249 Å². The van der Waals surface area contributed by atoms with Crippen molar-refractivity contribution in [2.75, 3.05) is 50.2 Å². The number of carbonyl (C=O) groups is 3. The highest BCUT2D eigenvalue weighted by atomic mass is 16.6. The van der Waals surface area contributed by atoms with Gasteiger partial charge in [-0.25, -0.2) is 4.79 Å². The molecule has 2 saturated heterocycles. The van der Waals surface area contributed by atoms with Crippen molar-refractivity contribution in [1.82, 2.24) is 15.1 Å². The summed E-state index contributed by atoms with van der Waals surface area (Å²) in [6, 6.07) is 22.6. The molecule has 0 aliphatic carbocycles. The summed E-state index contributed by atoms with van der Waals surface area (Å²) < 4.78 is 5.38. The van der Waals surface area contributed by atoms with Crippen molar-refractivity contribution < 1.29 is 24.0 Å². The summed E-state index contributed by atoms with van der Waals surface area (Å²) in [5.41, 5.74) is 1.36. The van der Waals surface area contributed by atoms with Crippen molar-refractivity contribution in [1.29, 1.82) is 0 Å². The largest absolute Gasteiger partial charge is 0.496 e. The number of rotatable bonds is 9. The van der Waals surface area contributed by atoms with Crippen molar-refractivity contribution >= 4 is 34.9 Å². The number of hydrogen-bond acceptors (Lipinski definition) is 7. The second kappa shape index (κ2) is 12.8. The van der Waals surface area contributed by atoms with Gasteiger partial charge >= 0.3 is 6.03 Å². The van der Waals surface area contributed by atoms with Gasteiger partial charge in [0.05, 0.1) is 18.7 Å². The number of urea groups is 1. The smallest absolute Gasteiger partial charge is 0.321 e. The molecule has 224 valence electrons. The number of anilines is 2. The van der Waals surface area contributed by atoms with Crippen LogP contribution < -0.4 is 20.3 Å². The summed E-state index contributed by atoms with van der Waals surface area (Å²) in [6.07, 6.45) is 1.38. The number of nitrogens with zero attached hydrogens (tertiary/aromatic N) is 4. The predicted molar refractivity (Wildman–Crippen MR) is 161 cm³/mol. The molecule has 4 amide bonds. The Morgan fingerprint density at radius 1 is 0.977 bits per heavy atom. The number of nitrogens with one attached hydrogen (secondary N) is 2. The quantitative estimate of drug-likeness (QED) is 0.289. The molecule has 5 rings (SSSR count). The van der Waals surface area contributed by atoms with Crippen LogP contribution in [0.5, 0.6) is 5.75 Å². The van der Waals surface area contributed by atoms with E-state index in [4.69, 9.17) is 4.74 Å². The average molecular weight is 587 g/mol. The minimum absolute atomic E-state index is 0.0617. The van der Waals surface area contributed by atoms with Crippen molar-refractivity contribution in [3.8, 4) is 5.75 Å². The third-order valence-corrected chi connectivity index (χ3v) is 8.03. The van der Waals surface area contributed by atoms with Crippen molar-refractivity contribution in [2.24, 2.45) is 0 Å². The number of non-ortho nitro benzene ring substituents is 1. The summed E-state index contributed by atoms with van der Waals surface area (Å²) in [4.78, 5) is 55.5. The van der Waals surface area contributed by atoms with Crippen LogP contribution in [-0.2, 0) is 16.0 Å². The maximum Gasteiger partial charge on any atom is 0.321 e. The van der Waals surface area contributed by atoms with Gasteiger partial charge in [0.2, 0.25) is 5.91 Å². The Kier molecular flexibility index (Phi) is 8.74. The molecule has 2 aliphatic rings. The number of piperidine rings is 1. The first-order chi connectivity index (χ1) is 20.8. The third kappa shape index (κ3) is 6.37. The number of hydrogen-bond donors (Lipinski definition) is 2. The van der Waals surface area contributed by atoms with Gasteiger partial charge in [0.15, 0.2) is 0 Å². The van der Waals surface area contributed by atoms with E-state index < -0.39 is 10.5 Å². The van der Waals surface area contributed by atoms with E-state index in [9.17, 15) is 24.5 Å². The molecule has 0 radical (unpaired) electrons. The van der Waals surface area contributed by atoms with Crippen LogP contribution in [0.2, 0.25) is 0 Å². The predicted octanol–water partition coefficient (Wildman–Crippen LogP) is 3.64. The number of benzene rings is 3. The molecule has 0 bridgehead atoms. The molecule has 1 spiro atoms. The van der Waals surface area contributed by atoms with Gasteiger partial charge in [-0.05, 0) is 55.2 Å². The third-order valence-electron chi connectivity index (χ3n) is 8.03. The fourth-order valence-electron chi connectivity index (χ4n) is 5.75. The monoisotopic (exact) mass is 586 g/mol. The lowest BCUT2D eigenvalue weighted by Gasteiger charge is -2.43. The molecule has 43 heavy (non-hydrogen) atoms. The fourth-order valence-corrected chi connectivity index (χ4v) is 5.75. The van der Waals surface area contributed by atoms with E-state index in [0.717, 1.165) is 17.0 Å². The molecule has 12 heteroatoms. The second-order valence-corrected chi connectivity index (χ2v) is 10.6. The summed E-state index contributed by atoms with van der Waals surface area (Å²) in [6.45, 7) is 1.26. The number of ether oxygens (including phenoxy) is 1. The van der Waals surface area contributed by atoms with Gasteiger partial charge in [-0.2, -0.15) is 0 Å². The normalized spacial score (nSPS) is 15.8. The Balaban J connectivity index is 1.22. The molecule has 0 saturated carbocycles. The van der Waals surface area contributed by atoms with Crippen LogP contribution in [0.4, 0.5) is 21.9 Å². The molecular weight excluding hydrogens is 552 g/mol. The molecule has 2 heterocycles. The summed E-state index contributed by atoms with van der Waals surface area (Å²) in [5, 5.41) is 16.6. The molecule has 12 nitrogen and oxygen atoms in total. The molecule has 2 fully saturated rings. The molecule has 2 N–H and O–H groups in total. The van der Waals surface area contributed by atoms with Gasteiger partial charge in [-0.15, -0.1) is 0 Å². The Morgan fingerprint density at radius 3 is 2.33 bits per heavy atom. The molecule has 3 aromatic carbocycles. The molecule has 3 aromatic rings. The van der Waals surface area contributed by atoms with Gasteiger partial charge in [-0.3, -0.25) is 19.7 Å². The highest BCUT2D eigenvalue weighted by molar-refractivity contribution is 5.97. The van der Waals surface area contributed by atoms with Crippen LogP contribution in [0.15, 0.2) is 78.9 Å². The van der Waals surface area contributed by atoms with Gasteiger partial charge in [-0.1, -0.05) is 36.4 Å². The zero-order valence-corrected chi connectivity index (χ0v) is 23.9. The van der Waals surface area contributed by atoms with E-state index in [1.54, 1.807) is 16.9 Å². The van der Waals surface area contributed by atoms with Crippen LogP contribution in [-0.4, -0.2) is 78.1 Å². The fraction of sp³-hybridized carbons (Fsp3) is 0.323. The van der Waals surface area contributed by atoms with Gasteiger partial charge < -0.3 is 30.1 Å². The number of likely N-dealkylation sites (tertiary alicyclic amines) is 1. The van der Waals surface area contributed by atoms with Crippen LogP contribution in [0.3, 0.4) is 0 Å². The maximum atomic E-state index is 13.9. The van der Waals surface area contributed by atoms with Crippen LogP contribution >= 0.6 is 0 Å². The Bertz CT molecular complexity index is 1470. The van der Waals surface area contributed by atoms with E-state index in [2.05, 4.69) is 10.6 Å². The number of amides is 4. The molecule has 0 aromatic heterocycles. The van der Waals surface area contributed by atoms with Gasteiger partial charge in [0, 0.05) is 43.1 Å². The first kappa shape index (κ1) is 29.4. The standard InChI is InChI=1S/C31H34N6O6/c1-43-27-10-6-5-7-23(27)15-18-32-28(38)21-35-22-36(25-8-3-2-4-9-25)31(29(35)39)16-19-34(20-17-31)30(40)33-24-11-13-26(14-12-24)37(41)42/h2-14H,15-22H2,1H3,(H,32,38)(H,33,40). The summed E-state index contributed by atoms with van der Waals surface area (Å²) in [7, 11) is 1.61. The van der Waals surface area contributed by atoms with E-state index >= 15 is 0 Å². The Morgan fingerprint density at radius 2 is 1.65 bits per heavy atom. The molecular formula is C31H34N6O6. The van der Waals surface area contributed by atoms with E-state index in [-0.39, 0.29) is 36.7 Å². The van der Waals surface area contributed by atoms with Crippen LogP contribution in [0, 0.1) is 10.1 Å². The van der Waals surface area contributed by atoms with E-state index in [1.165, 1.54) is 24.3 Å². The number of para-hydroxylation sites is 2. The van der Waals surface area contributed by atoms with Crippen molar-refractivity contribution in [3.63, 3.8) is 0 Å². The highest BCUT2D eigenvalue weighted by Gasteiger charge is 2.54. The van der Waals surface area contributed by atoms with Gasteiger partial charge in [0.1, 0.15) is 17.8 Å². The van der Waals surface area contributed by atoms with Crippen molar-refractivity contribution in [2.45, 2.75) is 24.8 Å². The SMILES string of the molecule is COc1ccccc1CCNC(=O)CN1CN(c2ccccc2)C2(CCN(C(=O)Nc3ccc([N+](=O)[O-])cc3)CC2)C1=O. The lowest BCUT2D eigenvalue weighted by molar-refractivity contribution is -0.384. The first-order valence-corrected chi connectivity index (χ1v) is 14.1. The zero-order valence-electron chi connectivity index (χ0n) is 23.9. The second-order valence-electron chi connectivity index (χ2n) is 10.6. The lowest BCUT2D eigenvalue weighted by atomic mass is 9.85. The molecule has 2 aliphatic heterocycles. The first-order valence-electron chi connectivity index (χ1n) is 14.1. The minimum atomic E-state index is -0.886. The number of methoxy groups -OCH3 is 1. The maximum absolute atomic E-state index is 13.9. The van der Waals surface area contributed by atoms with Crippen molar-refractivity contribution in [3.05, 3.63) is 94.5 Å². The average Bonchev–Trinajstić information content (AvgIpc) is 3.28. The van der Waals surface area contributed by atoms with Gasteiger partial charge in [0.25, 0.3) is 11.6 Å². The lowest BCUT2D eigenvalue weighted by Crippen LogP contribution is -2.58. The van der Waals surface area contributed by atoms with Crippen LogP contribution in [0.1, 0.15) is 18.4 Å². The highest BCUT2D eigenvalue weighted by Crippen LogP contribution is 2.39. The zero-order chi connectivity index (χ0) is 30.4. The topological polar surface area (TPSA) is 137 Å². The van der Waals surface area contributed by atoms with E-state index in [1.807, 2.05) is 59.5 Å². The van der Waals surface area contributed by atoms with Crippen LogP contribution in [0.25, 0.3) is 0 Å². The summed E-state index contributed by atoms with van der Waals surface area (Å²) >= 11 is 0. The Hall–Kier alpha value is -5.13. The van der Waals surface area contributed by atoms with E-state index in [0.29, 0.717) is 44.6 Å². The number of nitro benzene ring substituents is 1.